The predicted octanol–water partition coefficient (Wildman–Crippen LogP) is 7.53. The molecule has 3 aromatic rings. The topological polar surface area (TPSA) is 27.7 Å². The lowest BCUT2D eigenvalue weighted by molar-refractivity contribution is -0.163. The normalized spacial score (nSPS) is 12.4. The lowest BCUT2D eigenvalue weighted by atomic mass is 9.99. The van der Waals surface area contributed by atoms with E-state index in [1.54, 1.807) is 31.2 Å². The molecule has 0 bridgehead atoms. The van der Waals surface area contributed by atoms with E-state index in [2.05, 4.69) is 0 Å². The lowest BCUT2D eigenvalue weighted by Crippen LogP contribution is -2.25. The Morgan fingerprint density at radius 1 is 0.906 bits per heavy atom. The van der Waals surface area contributed by atoms with Gasteiger partial charge in [-0.15, -0.1) is 0 Å². The van der Waals surface area contributed by atoms with Crippen molar-refractivity contribution < 1.29 is 31.8 Å². The fourth-order valence-electron chi connectivity index (χ4n) is 2.98. The molecular formula is C24H21ClF4O3. The minimum absolute atomic E-state index is 0.0627. The standard InChI is InChI=1S/C24H21ClF4O3/c1-2-31-19-8-4-17(5-9-19)21(24(27,28)29)15-30-14-16-3-12-22(26)23(13-16)32-20-10-6-18(25)7-11-20/h3-13,21H,2,14-15H2,1H3. The molecule has 3 rings (SSSR count). The van der Waals surface area contributed by atoms with E-state index < -0.39 is 24.5 Å². The zero-order valence-electron chi connectivity index (χ0n) is 17.2. The van der Waals surface area contributed by atoms with Gasteiger partial charge in [0.05, 0.1) is 19.8 Å². The summed E-state index contributed by atoms with van der Waals surface area (Å²) >= 11 is 5.82. The first kappa shape index (κ1) is 23.9. The molecule has 0 aliphatic rings. The van der Waals surface area contributed by atoms with Gasteiger partial charge in [0.1, 0.15) is 17.4 Å². The third-order valence-corrected chi connectivity index (χ3v) is 4.83. The van der Waals surface area contributed by atoms with Gasteiger partial charge in [-0.1, -0.05) is 29.8 Å². The molecule has 3 aromatic carbocycles. The molecule has 0 saturated carbocycles. The van der Waals surface area contributed by atoms with Crippen molar-refractivity contribution in [2.24, 2.45) is 0 Å². The summed E-state index contributed by atoms with van der Waals surface area (Å²) in [5.41, 5.74) is 0.551. The van der Waals surface area contributed by atoms with Crippen LogP contribution in [0.4, 0.5) is 17.6 Å². The minimum Gasteiger partial charge on any atom is -0.494 e. The van der Waals surface area contributed by atoms with E-state index >= 15 is 0 Å². The average molecular weight is 469 g/mol. The van der Waals surface area contributed by atoms with Crippen LogP contribution in [0.2, 0.25) is 5.02 Å². The van der Waals surface area contributed by atoms with Crippen LogP contribution in [0.3, 0.4) is 0 Å². The molecule has 1 unspecified atom stereocenters. The molecule has 0 aliphatic carbocycles. The molecule has 0 radical (unpaired) electrons. The van der Waals surface area contributed by atoms with Gasteiger partial charge in [-0.3, -0.25) is 0 Å². The van der Waals surface area contributed by atoms with Crippen LogP contribution in [0.15, 0.2) is 66.7 Å². The van der Waals surface area contributed by atoms with E-state index in [0.29, 0.717) is 28.7 Å². The van der Waals surface area contributed by atoms with Crippen molar-refractivity contribution in [3.8, 4) is 17.2 Å². The minimum atomic E-state index is -4.49. The van der Waals surface area contributed by atoms with Gasteiger partial charge in [-0.05, 0) is 66.6 Å². The van der Waals surface area contributed by atoms with Gasteiger partial charge in [-0.2, -0.15) is 13.2 Å². The molecule has 3 nitrogen and oxygen atoms in total. The molecule has 0 aromatic heterocycles. The van der Waals surface area contributed by atoms with Gasteiger partial charge in [-0.25, -0.2) is 4.39 Å². The second-order valence-corrected chi connectivity index (χ2v) is 7.37. The van der Waals surface area contributed by atoms with E-state index in [0.717, 1.165) is 0 Å². The number of ether oxygens (including phenoxy) is 3. The fraction of sp³-hybridized carbons (Fsp3) is 0.250. The summed E-state index contributed by atoms with van der Waals surface area (Å²) in [4.78, 5) is 0. The van der Waals surface area contributed by atoms with E-state index in [1.165, 1.54) is 42.5 Å². The zero-order chi connectivity index (χ0) is 23.1. The average Bonchev–Trinajstić information content (AvgIpc) is 2.75. The SMILES string of the molecule is CCOc1ccc(C(COCc2ccc(F)c(Oc3ccc(Cl)cc3)c2)C(F)(F)F)cc1. The number of hydrogen-bond donors (Lipinski definition) is 0. The maximum atomic E-state index is 14.1. The zero-order valence-corrected chi connectivity index (χ0v) is 17.9. The number of alkyl halides is 3. The Kier molecular flexibility index (Phi) is 7.99. The van der Waals surface area contributed by atoms with Crippen LogP contribution >= 0.6 is 11.6 Å². The first-order valence-electron chi connectivity index (χ1n) is 9.85. The van der Waals surface area contributed by atoms with Gasteiger partial charge in [0.2, 0.25) is 0 Å². The van der Waals surface area contributed by atoms with Crippen LogP contribution in [0.5, 0.6) is 17.2 Å². The van der Waals surface area contributed by atoms with Crippen LogP contribution in [-0.2, 0) is 11.3 Å². The van der Waals surface area contributed by atoms with Crippen molar-refractivity contribution in [2.75, 3.05) is 13.2 Å². The van der Waals surface area contributed by atoms with Crippen molar-refractivity contribution in [3.63, 3.8) is 0 Å². The molecule has 0 fully saturated rings. The highest BCUT2D eigenvalue weighted by atomic mass is 35.5. The number of hydrogen-bond acceptors (Lipinski definition) is 3. The van der Waals surface area contributed by atoms with Crippen molar-refractivity contribution in [3.05, 3.63) is 88.7 Å². The van der Waals surface area contributed by atoms with Gasteiger partial charge in [0, 0.05) is 5.02 Å². The Morgan fingerprint density at radius 3 is 2.19 bits per heavy atom. The van der Waals surface area contributed by atoms with Crippen LogP contribution in [0.1, 0.15) is 24.0 Å². The number of benzene rings is 3. The Hall–Kier alpha value is -2.77. The fourth-order valence-corrected chi connectivity index (χ4v) is 3.11. The second kappa shape index (κ2) is 10.7. The third-order valence-electron chi connectivity index (χ3n) is 4.58. The first-order valence-corrected chi connectivity index (χ1v) is 10.2. The molecule has 0 N–H and O–H groups in total. The Bertz CT molecular complexity index is 1010. The molecule has 8 heteroatoms. The largest absolute Gasteiger partial charge is 0.494 e. The van der Waals surface area contributed by atoms with Crippen LogP contribution in [-0.4, -0.2) is 19.4 Å². The molecule has 0 aliphatic heterocycles. The maximum Gasteiger partial charge on any atom is 0.397 e. The number of halogens is 5. The second-order valence-electron chi connectivity index (χ2n) is 6.93. The molecule has 170 valence electrons. The van der Waals surface area contributed by atoms with E-state index in [-0.39, 0.29) is 17.9 Å². The smallest absolute Gasteiger partial charge is 0.397 e. The summed E-state index contributed by atoms with van der Waals surface area (Å²) in [6.45, 7) is 1.50. The Balaban J connectivity index is 1.66. The monoisotopic (exact) mass is 468 g/mol. The maximum absolute atomic E-state index is 14.1. The lowest BCUT2D eigenvalue weighted by Gasteiger charge is -2.21. The third kappa shape index (κ3) is 6.61. The highest BCUT2D eigenvalue weighted by Crippen LogP contribution is 2.36. The van der Waals surface area contributed by atoms with Crippen LogP contribution in [0, 0.1) is 5.82 Å². The van der Waals surface area contributed by atoms with E-state index in [4.69, 9.17) is 25.8 Å². The molecule has 0 saturated heterocycles. The predicted molar refractivity (Wildman–Crippen MR) is 114 cm³/mol. The molecule has 0 heterocycles. The van der Waals surface area contributed by atoms with Gasteiger partial charge >= 0.3 is 6.18 Å². The summed E-state index contributed by atoms with van der Waals surface area (Å²) in [6, 6.07) is 16.1. The highest BCUT2D eigenvalue weighted by Gasteiger charge is 2.40. The van der Waals surface area contributed by atoms with Crippen molar-refractivity contribution in [2.45, 2.75) is 25.6 Å². The van der Waals surface area contributed by atoms with Gasteiger partial charge in [0.25, 0.3) is 0 Å². The Morgan fingerprint density at radius 2 is 1.56 bits per heavy atom. The van der Waals surface area contributed by atoms with Crippen LogP contribution < -0.4 is 9.47 Å². The number of rotatable bonds is 9. The first-order chi connectivity index (χ1) is 15.3. The Labute approximate surface area is 188 Å². The highest BCUT2D eigenvalue weighted by molar-refractivity contribution is 6.30. The summed E-state index contributed by atoms with van der Waals surface area (Å²) in [5.74, 6) is -1.60. The van der Waals surface area contributed by atoms with Crippen molar-refractivity contribution >= 4 is 11.6 Å². The van der Waals surface area contributed by atoms with Gasteiger partial charge in [0.15, 0.2) is 11.6 Å². The molecule has 32 heavy (non-hydrogen) atoms. The van der Waals surface area contributed by atoms with Gasteiger partial charge < -0.3 is 14.2 Å². The molecule has 0 spiro atoms. The molecule has 0 amide bonds. The summed E-state index contributed by atoms with van der Waals surface area (Å²) in [7, 11) is 0. The summed E-state index contributed by atoms with van der Waals surface area (Å²) < 4.78 is 71.0. The van der Waals surface area contributed by atoms with E-state index in [1.807, 2.05) is 0 Å². The summed E-state index contributed by atoms with van der Waals surface area (Å²) in [5, 5.41) is 0.506. The van der Waals surface area contributed by atoms with Crippen molar-refractivity contribution in [1.29, 1.82) is 0 Å². The van der Waals surface area contributed by atoms with Crippen molar-refractivity contribution in [1.82, 2.24) is 0 Å². The molecule has 1 atom stereocenters. The quantitative estimate of drug-likeness (QED) is 0.304. The summed E-state index contributed by atoms with van der Waals surface area (Å²) in [6.07, 6.45) is -4.49. The van der Waals surface area contributed by atoms with Crippen LogP contribution in [0.25, 0.3) is 0 Å². The van der Waals surface area contributed by atoms with E-state index in [9.17, 15) is 17.6 Å². The molecular weight excluding hydrogens is 448 g/mol.